The number of benzene rings is 1. The van der Waals surface area contributed by atoms with E-state index in [2.05, 4.69) is 28.9 Å². The molecule has 0 spiro atoms. The zero-order valence-electron chi connectivity index (χ0n) is 12.9. The maximum atomic E-state index is 5.86. The van der Waals surface area contributed by atoms with Gasteiger partial charge in [0.2, 0.25) is 0 Å². The summed E-state index contributed by atoms with van der Waals surface area (Å²) in [5.41, 5.74) is 7.99. The Morgan fingerprint density at radius 3 is 2.45 bits per heavy atom. The Hall–Kier alpha value is -1.22. The van der Waals surface area contributed by atoms with E-state index in [0.29, 0.717) is 0 Å². The van der Waals surface area contributed by atoms with Gasteiger partial charge in [-0.3, -0.25) is 4.90 Å². The van der Waals surface area contributed by atoms with E-state index in [0.717, 1.165) is 18.8 Å². The van der Waals surface area contributed by atoms with Crippen molar-refractivity contribution in [2.45, 2.75) is 39.0 Å². The Balaban J connectivity index is 1.67. The highest BCUT2D eigenvalue weighted by atomic mass is 15.3. The molecule has 0 aliphatic carbocycles. The summed E-state index contributed by atoms with van der Waals surface area (Å²) in [5, 5.41) is 0. The van der Waals surface area contributed by atoms with Crippen LogP contribution in [0.4, 0.5) is 11.4 Å². The fraction of sp³-hybridized carbons (Fsp3) is 0.647. The van der Waals surface area contributed by atoms with Crippen LogP contribution in [-0.4, -0.2) is 37.6 Å². The molecule has 0 amide bonds. The number of nitrogen functional groups attached to an aromatic ring is 1. The molecule has 1 fully saturated rings. The van der Waals surface area contributed by atoms with Crippen molar-refractivity contribution >= 4 is 11.4 Å². The van der Waals surface area contributed by atoms with Gasteiger partial charge in [-0.15, -0.1) is 0 Å². The summed E-state index contributed by atoms with van der Waals surface area (Å²) in [6.07, 6.45) is 6.88. The lowest BCUT2D eigenvalue weighted by Crippen LogP contribution is -2.46. The molecule has 1 aliphatic heterocycles. The molecule has 20 heavy (non-hydrogen) atoms. The van der Waals surface area contributed by atoms with E-state index in [1.54, 1.807) is 0 Å². The van der Waals surface area contributed by atoms with E-state index >= 15 is 0 Å². The molecule has 0 bridgehead atoms. The molecule has 2 rings (SSSR count). The average molecular weight is 275 g/mol. The number of rotatable bonds is 7. The molecular formula is C17H29N3. The van der Waals surface area contributed by atoms with E-state index in [4.69, 9.17) is 5.73 Å². The molecule has 3 nitrogen and oxygen atoms in total. The fourth-order valence-corrected chi connectivity index (χ4v) is 2.89. The standard InChI is InChI=1S/C17H29N3/c1-2-3-4-5-6-10-19-11-13-20(14-12-19)17-9-7-8-16(18)15-17/h7-9,15H,2-6,10-14,18H2,1H3. The molecule has 0 unspecified atom stereocenters. The van der Waals surface area contributed by atoms with E-state index < -0.39 is 0 Å². The van der Waals surface area contributed by atoms with Crippen molar-refractivity contribution < 1.29 is 0 Å². The van der Waals surface area contributed by atoms with E-state index in [9.17, 15) is 0 Å². The first-order chi connectivity index (χ1) is 9.79. The number of hydrogen-bond acceptors (Lipinski definition) is 3. The summed E-state index contributed by atoms with van der Waals surface area (Å²) in [6.45, 7) is 8.16. The molecule has 0 radical (unpaired) electrons. The lowest BCUT2D eigenvalue weighted by atomic mass is 10.1. The summed E-state index contributed by atoms with van der Waals surface area (Å²) in [7, 11) is 0. The number of unbranched alkanes of at least 4 members (excludes halogenated alkanes) is 4. The molecule has 0 aromatic heterocycles. The van der Waals surface area contributed by atoms with Gasteiger partial charge in [0.15, 0.2) is 0 Å². The highest BCUT2D eigenvalue weighted by Crippen LogP contribution is 2.19. The summed E-state index contributed by atoms with van der Waals surface area (Å²) in [6, 6.07) is 8.25. The van der Waals surface area contributed by atoms with Crippen LogP contribution in [0.1, 0.15) is 39.0 Å². The van der Waals surface area contributed by atoms with Crippen LogP contribution in [0.5, 0.6) is 0 Å². The molecule has 1 aromatic carbocycles. The van der Waals surface area contributed by atoms with Crippen molar-refractivity contribution in [3.05, 3.63) is 24.3 Å². The minimum Gasteiger partial charge on any atom is -0.399 e. The second-order valence-electron chi connectivity index (χ2n) is 5.84. The molecule has 1 heterocycles. The molecule has 0 atom stereocenters. The number of anilines is 2. The van der Waals surface area contributed by atoms with Gasteiger partial charge in [0, 0.05) is 37.6 Å². The third-order valence-corrected chi connectivity index (χ3v) is 4.19. The van der Waals surface area contributed by atoms with Gasteiger partial charge in [-0.05, 0) is 31.2 Å². The number of nitrogens with two attached hydrogens (primary N) is 1. The topological polar surface area (TPSA) is 32.5 Å². The maximum Gasteiger partial charge on any atom is 0.0387 e. The average Bonchev–Trinajstić information content (AvgIpc) is 2.48. The molecular weight excluding hydrogens is 246 g/mol. The summed E-state index contributed by atoms with van der Waals surface area (Å²) < 4.78 is 0. The van der Waals surface area contributed by atoms with Crippen LogP contribution in [0.15, 0.2) is 24.3 Å². The smallest absolute Gasteiger partial charge is 0.0387 e. The lowest BCUT2D eigenvalue weighted by molar-refractivity contribution is 0.252. The largest absolute Gasteiger partial charge is 0.399 e. The normalized spacial score (nSPS) is 16.6. The van der Waals surface area contributed by atoms with Gasteiger partial charge >= 0.3 is 0 Å². The summed E-state index contributed by atoms with van der Waals surface area (Å²) >= 11 is 0. The van der Waals surface area contributed by atoms with Crippen LogP contribution in [0.25, 0.3) is 0 Å². The van der Waals surface area contributed by atoms with Crippen molar-refractivity contribution in [3.63, 3.8) is 0 Å². The molecule has 2 N–H and O–H groups in total. The second-order valence-corrected chi connectivity index (χ2v) is 5.84. The lowest BCUT2D eigenvalue weighted by Gasteiger charge is -2.36. The maximum absolute atomic E-state index is 5.86. The Bertz CT molecular complexity index is 384. The van der Waals surface area contributed by atoms with Gasteiger partial charge in [0.25, 0.3) is 0 Å². The van der Waals surface area contributed by atoms with Crippen LogP contribution in [0.2, 0.25) is 0 Å². The number of nitrogens with zero attached hydrogens (tertiary/aromatic N) is 2. The van der Waals surface area contributed by atoms with Crippen LogP contribution in [-0.2, 0) is 0 Å². The molecule has 0 saturated carbocycles. The quantitative estimate of drug-likeness (QED) is 0.612. The van der Waals surface area contributed by atoms with E-state index in [1.165, 1.54) is 57.4 Å². The van der Waals surface area contributed by atoms with Crippen LogP contribution >= 0.6 is 0 Å². The third-order valence-electron chi connectivity index (χ3n) is 4.19. The minimum atomic E-state index is 0.862. The SMILES string of the molecule is CCCCCCCN1CCN(c2cccc(N)c2)CC1. The predicted molar refractivity (Wildman–Crippen MR) is 88.3 cm³/mol. The molecule has 1 aromatic rings. The first-order valence-corrected chi connectivity index (χ1v) is 8.12. The van der Waals surface area contributed by atoms with Crippen LogP contribution < -0.4 is 10.6 Å². The van der Waals surface area contributed by atoms with Crippen LogP contribution in [0.3, 0.4) is 0 Å². The van der Waals surface area contributed by atoms with Gasteiger partial charge in [0.05, 0.1) is 0 Å². The highest BCUT2D eigenvalue weighted by Gasteiger charge is 2.16. The number of piperazine rings is 1. The summed E-state index contributed by atoms with van der Waals surface area (Å²) in [5.74, 6) is 0. The molecule has 112 valence electrons. The minimum absolute atomic E-state index is 0.862. The van der Waals surface area contributed by atoms with Crippen molar-refractivity contribution in [1.29, 1.82) is 0 Å². The van der Waals surface area contributed by atoms with Crippen molar-refractivity contribution in [2.24, 2.45) is 0 Å². The first-order valence-electron chi connectivity index (χ1n) is 8.12. The predicted octanol–water partition coefficient (Wildman–Crippen LogP) is 3.36. The molecule has 1 aliphatic rings. The highest BCUT2D eigenvalue weighted by molar-refractivity contribution is 5.56. The monoisotopic (exact) mass is 275 g/mol. The van der Waals surface area contributed by atoms with E-state index in [-0.39, 0.29) is 0 Å². The molecule has 1 saturated heterocycles. The molecule has 3 heteroatoms. The van der Waals surface area contributed by atoms with Gasteiger partial charge in [0.1, 0.15) is 0 Å². The Labute approximate surface area is 123 Å². The van der Waals surface area contributed by atoms with Crippen molar-refractivity contribution in [3.8, 4) is 0 Å². The van der Waals surface area contributed by atoms with E-state index in [1.807, 2.05) is 12.1 Å². The van der Waals surface area contributed by atoms with Gasteiger partial charge in [-0.1, -0.05) is 38.7 Å². The van der Waals surface area contributed by atoms with Gasteiger partial charge < -0.3 is 10.6 Å². The Morgan fingerprint density at radius 1 is 1.00 bits per heavy atom. The van der Waals surface area contributed by atoms with Crippen LogP contribution in [0, 0.1) is 0 Å². The van der Waals surface area contributed by atoms with Gasteiger partial charge in [-0.25, -0.2) is 0 Å². The summed E-state index contributed by atoms with van der Waals surface area (Å²) in [4.78, 5) is 5.05. The first kappa shape index (κ1) is 15.2. The Kier molecular flexibility index (Phi) is 6.19. The van der Waals surface area contributed by atoms with Gasteiger partial charge in [-0.2, -0.15) is 0 Å². The second kappa shape index (κ2) is 8.15. The fourth-order valence-electron chi connectivity index (χ4n) is 2.89. The Morgan fingerprint density at radius 2 is 1.75 bits per heavy atom. The number of hydrogen-bond donors (Lipinski definition) is 1. The zero-order valence-corrected chi connectivity index (χ0v) is 12.9. The zero-order chi connectivity index (χ0) is 14.2. The van der Waals surface area contributed by atoms with Crippen molar-refractivity contribution in [2.75, 3.05) is 43.4 Å². The van der Waals surface area contributed by atoms with Crippen molar-refractivity contribution in [1.82, 2.24) is 4.90 Å². The third kappa shape index (κ3) is 4.71.